The second kappa shape index (κ2) is 10.3. The Morgan fingerprint density at radius 3 is 2.50 bits per heavy atom. The third-order valence-electron chi connectivity index (χ3n) is 5.56. The molecule has 9 heteroatoms. The molecule has 30 heavy (non-hydrogen) atoms. The largest absolute Gasteiger partial charge is 0.495 e. The number of methoxy groups -OCH3 is 1. The van der Waals surface area contributed by atoms with Gasteiger partial charge in [0.25, 0.3) is 5.56 Å². The van der Waals surface area contributed by atoms with Crippen LogP contribution in [-0.4, -0.2) is 65.6 Å². The second-order valence-electron chi connectivity index (χ2n) is 7.61. The zero-order valence-corrected chi connectivity index (χ0v) is 18.1. The minimum Gasteiger partial charge on any atom is -0.495 e. The van der Waals surface area contributed by atoms with Gasteiger partial charge in [0.05, 0.1) is 12.8 Å². The fourth-order valence-electron chi connectivity index (χ4n) is 3.76. The zero-order chi connectivity index (χ0) is 21.5. The Kier molecular flexibility index (Phi) is 7.51. The lowest BCUT2D eigenvalue weighted by Gasteiger charge is -2.36. The van der Waals surface area contributed by atoms with Gasteiger partial charge in [-0.2, -0.15) is 0 Å². The van der Waals surface area contributed by atoms with E-state index in [2.05, 4.69) is 32.3 Å². The van der Waals surface area contributed by atoms with E-state index in [0.717, 1.165) is 62.3 Å². The predicted molar refractivity (Wildman–Crippen MR) is 119 cm³/mol. The first kappa shape index (κ1) is 21.9. The number of nitrogens with zero attached hydrogens (tertiary/aromatic N) is 5. The van der Waals surface area contributed by atoms with Crippen LogP contribution in [0.1, 0.15) is 19.3 Å². The molecular weight excluding hydrogens is 384 g/mol. The number of nitrogens with one attached hydrogen (secondary N) is 1. The van der Waals surface area contributed by atoms with Gasteiger partial charge in [0.2, 0.25) is 5.82 Å². The van der Waals surface area contributed by atoms with Crippen molar-refractivity contribution >= 4 is 11.5 Å². The van der Waals surface area contributed by atoms with E-state index in [4.69, 9.17) is 4.74 Å². The van der Waals surface area contributed by atoms with Crippen molar-refractivity contribution in [2.24, 2.45) is 14.1 Å². The summed E-state index contributed by atoms with van der Waals surface area (Å²) < 4.78 is 7.73. The average molecular weight is 417 g/mol. The molecule has 1 aliphatic rings. The number of aryl methyl sites for hydroxylation is 1. The number of hydrogen-bond donors (Lipinski definition) is 1. The lowest BCUT2D eigenvalue weighted by atomic mass is 10.2. The number of para-hydroxylation sites is 2. The van der Waals surface area contributed by atoms with Crippen LogP contribution in [0.25, 0.3) is 0 Å². The molecule has 1 aliphatic heterocycles. The Morgan fingerprint density at radius 2 is 1.77 bits per heavy atom. The molecule has 0 spiro atoms. The van der Waals surface area contributed by atoms with E-state index < -0.39 is 5.69 Å². The Bertz CT molecular complexity index is 946. The highest BCUT2D eigenvalue weighted by atomic mass is 16.5. The molecule has 1 N–H and O–H groups in total. The normalized spacial score (nSPS) is 14.7. The molecule has 2 aromatic rings. The number of aromatic nitrogens is 3. The first-order chi connectivity index (χ1) is 14.5. The van der Waals surface area contributed by atoms with Crippen LogP contribution < -0.4 is 26.2 Å². The van der Waals surface area contributed by atoms with Crippen molar-refractivity contribution in [1.82, 2.24) is 19.2 Å². The summed E-state index contributed by atoms with van der Waals surface area (Å²) in [4.78, 5) is 28.6. The maximum Gasteiger partial charge on any atom is 0.346 e. The van der Waals surface area contributed by atoms with Crippen molar-refractivity contribution in [3.8, 4) is 5.75 Å². The number of hydrogen-bond acceptors (Lipinski definition) is 7. The van der Waals surface area contributed by atoms with Gasteiger partial charge in [-0.25, -0.2) is 9.48 Å². The maximum atomic E-state index is 12.0. The summed E-state index contributed by atoms with van der Waals surface area (Å²) >= 11 is 0. The summed E-state index contributed by atoms with van der Waals surface area (Å²) in [6.45, 7) is 5.86. The van der Waals surface area contributed by atoms with Crippen LogP contribution in [0.4, 0.5) is 11.5 Å². The summed E-state index contributed by atoms with van der Waals surface area (Å²) in [5.41, 5.74) is 0.367. The molecule has 0 amide bonds. The number of piperazine rings is 1. The van der Waals surface area contributed by atoms with Crippen LogP contribution >= 0.6 is 0 Å². The van der Waals surface area contributed by atoms with Gasteiger partial charge in [-0.05, 0) is 31.5 Å². The van der Waals surface area contributed by atoms with Crippen LogP contribution in [-0.2, 0) is 14.1 Å². The molecule has 0 aliphatic carbocycles. The van der Waals surface area contributed by atoms with Crippen molar-refractivity contribution in [1.29, 1.82) is 0 Å². The van der Waals surface area contributed by atoms with Gasteiger partial charge in [-0.1, -0.05) is 18.6 Å². The summed E-state index contributed by atoms with van der Waals surface area (Å²) in [7, 11) is 4.72. The Hall–Kier alpha value is -2.81. The smallest absolute Gasteiger partial charge is 0.346 e. The monoisotopic (exact) mass is 416 g/mol. The molecule has 1 aromatic carbocycles. The minimum absolute atomic E-state index is 0.229. The van der Waals surface area contributed by atoms with E-state index in [1.165, 1.54) is 17.4 Å². The van der Waals surface area contributed by atoms with Crippen molar-refractivity contribution in [2.45, 2.75) is 19.3 Å². The van der Waals surface area contributed by atoms with Crippen molar-refractivity contribution in [3.05, 3.63) is 45.1 Å². The van der Waals surface area contributed by atoms with Crippen LogP contribution in [0, 0.1) is 0 Å². The summed E-state index contributed by atoms with van der Waals surface area (Å²) in [6.07, 6.45) is 3.15. The number of rotatable bonds is 9. The average Bonchev–Trinajstić information content (AvgIpc) is 2.78. The SMILES string of the molecule is COc1ccccc1N1CCN(CCCCCNc2nn(C)c(=O)n(C)c2=O)CC1. The van der Waals surface area contributed by atoms with Gasteiger partial charge in [0.15, 0.2) is 0 Å². The molecule has 3 rings (SSSR count). The van der Waals surface area contributed by atoms with Gasteiger partial charge in [0.1, 0.15) is 5.75 Å². The van der Waals surface area contributed by atoms with Crippen LogP contribution in [0.15, 0.2) is 33.9 Å². The maximum absolute atomic E-state index is 12.0. The molecule has 164 valence electrons. The van der Waals surface area contributed by atoms with E-state index in [9.17, 15) is 9.59 Å². The number of benzene rings is 1. The highest BCUT2D eigenvalue weighted by Crippen LogP contribution is 2.28. The number of ether oxygens (including phenoxy) is 1. The topological polar surface area (TPSA) is 84.6 Å². The first-order valence-electron chi connectivity index (χ1n) is 10.5. The van der Waals surface area contributed by atoms with Crippen molar-refractivity contribution in [3.63, 3.8) is 0 Å². The Balaban J connectivity index is 1.35. The molecule has 0 bridgehead atoms. The molecule has 1 saturated heterocycles. The van der Waals surface area contributed by atoms with E-state index in [-0.39, 0.29) is 11.4 Å². The standard InChI is InChI=1S/C21H32N6O3/c1-24-20(28)19(23-25(2)21(24)29)22-11-7-4-8-12-26-13-15-27(16-14-26)17-9-5-6-10-18(17)30-3/h5-6,9-10H,4,7-8,11-16H2,1-3H3,(H,22,23). The van der Waals surface area contributed by atoms with Crippen LogP contribution in [0.5, 0.6) is 5.75 Å². The van der Waals surface area contributed by atoms with Crippen LogP contribution in [0.3, 0.4) is 0 Å². The van der Waals surface area contributed by atoms with Gasteiger partial charge < -0.3 is 15.0 Å². The third-order valence-corrected chi connectivity index (χ3v) is 5.56. The Morgan fingerprint density at radius 1 is 1.03 bits per heavy atom. The molecule has 0 atom stereocenters. The van der Waals surface area contributed by atoms with E-state index >= 15 is 0 Å². The van der Waals surface area contributed by atoms with Gasteiger partial charge in [0, 0.05) is 46.8 Å². The van der Waals surface area contributed by atoms with Crippen LogP contribution in [0.2, 0.25) is 0 Å². The van der Waals surface area contributed by atoms with Crippen molar-refractivity contribution < 1.29 is 4.74 Å². The second-order valence-corrected chi connectivity index (χ2v) is 7.61. The van der Waals surface area contributed by atoms with Gasteiger partial charge >= 0.3 is 5.69 Å². The zero-order valence-electron chi connectivity index (χ0n) is 18.1. The van der Waals surface area contributed by atoms with Crippen molar-refractivity contribution in [2.75, 3.05) is 56.6 Å². The van der Waals surface area contributed by atoms with E-state index in [1.54, 1.807) is 14.2 Å². The Labute approximate surface area is 176 Å². The summed E-state index contributed by atoms with van der Waals surface area (Å²) in [6, 6.07) is 8.18. The lowest BCUT2D eigenvalue weighted by molar-refractivity contribution is 0.252. The molecule has 0 radical (unpaired) electrons. The molecule has 1 fully saturated rings. The quantitative estimate of drug-likeness (QED) is 0.608. The van der Waals surface area contributed by atoms with Gasteiger partial charge in [-0.15, -0.1) is 5.10 Å². The lowest BCUT2D eigenvalue weighted by Crippen LogP contribution is -2.46. The fraction of sp³-hybridized carbons (Fsp3) is 0.571. The highest BCUT2D eigenvalue weighted by Gasteiger charge is 2.19. The number of anilines is 2. The predicted octanol–water partition coefficient (Wildman–Crippen LogP) is 0.892. The first-order valence-corrected chi connectivity index (χ1v) is 10.5. The van der Waals surface area contributed by atoms with Gasteiger partial charge in [-0.3, -0.25) is 14.3 Å². The molecule has 1 aromatic heterocycles. The van der Waals surface area contributed by atoms with E-state index in [1.807, 2.05) is 12.1 Å². The molecular formula is C21H32N6O3. The minimum atomic E-state index is -0.420. The molecule has 0 unspecified atom stereocenters. The molecule has 0 saturated carbocycles. The van der Waals surface area contributed by atoms with E-state index in [0.29, 0.717) is 6.54 Å². The molecule has 2 heterocycles. The molecule has 9 nitrogen and oxygen atoms in total. The summed E-state index contributed by atoms with van der Waals surface area (Å²) in [5.74, 6) is 1.16. The third kappa shape index (κ3) is 5.21. The highest BCUT2D eigenvalue weighted by molar-refractivity contribution is 5.58. The fourth-order valence-corrected chi connectivity index (χ4v) is 3.76. The summed E-state index contributed by atoms with van der Waals surface area (Å²) in [5, 5.41) is 7.07. The number of unbranched alkanes of at least 4 members (excludes halogenated alkanes) is 2.